The minimum absolute atomic E-state index is 0.0834. The first-order valence-electron chi connectivity index (χ1n) is 6.44. The monoisotopic (exact) mass is 314 g/mol. The summed E-state index contributed by atoms with van der Waals surface area (Å²) in [7, 11) is 0. The topological polar surface area (TPSA) is 122 Å². The van der Waals surface area contributed by atoms with E-state index in [0.29, 0.717) is 11.4 Å². The van der Waals surface area contributed by atoms with Gasteiger partial charge in [0.15, 0.2) is 11.7 Å². The molecule has 2 heterocycles. The van der Waals surface area contributed by atoms with Crippen LogP contribution < -0.4 is 17.0 Å². The Kier molecular flexibility index (Phi) is 3.61. The molecule has 0 atom stereocenters. The van der Waals surface area contributed by atoms with Crippen LogP contribution in [0, 0.1) is 6.92 Å². The van der Waals surface area contributed by atoms with Crippen molar-refractivity contribution in [3.8, 4) is 10.4 Å². The van der Waals surface area contributed by atoms with Crippen molar-refractivity contribution >= 4 is 33.2 Å². The van der Waals surface area contributed by atoms with E-state index in [1.807, 2.05) is 31.2 Å². The first kappa shape index (κ1) is 14.2. The Bertz CT molecular complexity index is 856. The van der Waals surface area contributed by atoms with Crippen LogP contribution in [0.3, 0.4) is 0 Å². The number of benzene rings is 1. The zero-order chi connectivity index (χ0) is 15.7. The number of aryl methyl sites for hydroxylation is 1. The van der Waals surface area contributed by atoms with E-state index < -0.39 is 0 Å². The molecular formula is C14H14N6OS. The van der Waals surface area contributed by atoms with Gasteiger partial charge in [0.25, 0.3) is 0 Å². The summed E-state index contributed by atoms with van der Waals surface area (Å²) in [6, 6.07) is 7.46. The van der Waals surface area contributed by atoms with Gasteiger partial charge in [0.1, 0.15) is 6.33 Å². The van der Waals surface area contributed by atoms with Gasteiger partial charge < -0.3 is 16.4 Å². The van der Waals surface area contributed by atoms with E-state index in [0.717, 1.165) is 26.2 Å². The van der Waals surface area contributed by atoms with Crippen LogP contribution in [-0.2, 0) is 0 Å². The van der Waals surface area contributed by atoms with E-state index in [4.69, 9.17) is 16.8 Å². The molecule has 0 bridgehead atoms. The summed E-state index contributed by atoms with van der Waals surface area (Å²) in [4.78, 5) is 9.53. The van der Waals surface area contributed by atoms with Crippen molar-refractivity contribution in [2.75, 3.05) is 5.43 Å². The number of nitrogen functional groups attached to an aromatic ring is 1. The second kappa shape index (κ2) is 5.58. The lowest BCUT2D eigenvalue weighted by Crippen LogP contribution is -2.12. The zero-order valence-corrected chi connectivity index (χ0v) is 12.6. The third kappa shape index (κ3) is 2.24. The molecule has 0 saturated carbocycles. The van der Waals surface area contributed by atoms with Crippen molar-refractivity contribution in [1.29, 1.82) is 0 Å². The van der Waals surface area contributed by atoms with E-state index in [9.17, 15) is 0 Å². The average Bonchev–Trinajstić information content (AvgIpc) is 2.91. The number of hydrogen-bond acceptors (Lipinski definition) is 7. The van der Waals surface area contributed by atoms with Crippen LogP contribution in [-0.4, -0.2) is 21.0 Å². The van der Waals surface area contributed by atoms with Gasteiger partial charge in [-0.1, -0.05) is 29.4 Å². The summed E-state index contributed by atoms with van der Waals surface area (Å²) in [5.41, 5.74) is 11.8. The predicted octanol–water partition coefficient (Wildman–Crippen LogP) is 2.05. The lowest BCUT2D eigenvalue weighted by atomic mass is 10.1. The highest BCUT2D eigenvalue weighted by Gasteiger charge is 2.14. The number of amidine groups is 1. The number of rotatable bonds is 3. The van der Waals surface area contributed by atoms with Crippen LogP contribution >= 0.6 is 11.3 Å². The summed E-state index contributed by atoms with van der Waals surface area (Å²) in [5, 5.41) is 11.7. The molecule has 0 spiro atoms. The van der Waals surface area contributed by atoms with Gasteiger partial charge in [-0.3, -0.25) is 0 Å². The van der Waals surface area contributed by atoms with Gasteiger partial charge in [0.2, 0.25) is 0 Å². The first-order chi connectivity index (χ1) is 10.7. The van der Waals surface area contributed by atoms with Gasteiger partial charge in [0, 0.05) is 10.4 Å². The van der Waals surface area contributed by atoms with Crippen LogP contribution in [0.2, 0.25) is 0 Å². The molecule has 8 heteroatoms. The molecule has 3 aromatic rings. The van der Waals surface area contributed by atoms with Crippen LogP contribution in [0.1, 0.15) is 11.1 Å². The molecule has 0 aliphatic heterocycles. The van der Waals surface area contributed by atoms with Gasteiger partial charge in [-0.15, -0.1) is 11.3 Å². The second-order valence-electron chi connectivity index (χ2n) is 4.66. The van der Waals surface area contributed by atoms with E-state index in [-0.39, 0.29) is 5.84 Å². The molecule has 2 aromatic heterocycles. The smallest absolute Gasteiger partial charge is 0.170 e. The number of thiophene rings is 1. The van der Waals surface area contributed by atoms with Gasteiger partial charge in [-0.2, -0.15) is 0 Å². The summed E-state index contributed by atoms with van der Waals surface area (Å²) >= 11 is 1.57. The Morgan fingerprint density at radius 1 is 1.27 bits per heavy atom. The molecule has 0 aliphatic rings. The minimum atomic E-state index is 0.0834. The number of nitrogens with two attached hydrogens (primary N) is 2. The molecule has 0 radical (unpaired) electrons. The molecule has 3 rings (SSSR count). The quantitative estimate of drug-likeness (QED) is 0.193. The van der Waals surface area contributed by atoms with Crippen LogP contribution in [0.15, 0.2) is 35.7 Å². The third-order valence-electron chi connectivity index (χ3n) is 3.39. The van der Waals surface area contributed by atoms with Crippen molar-refractivity contribution in [2.45, 2.75) is 6.92 Å². The van der Waals surface area contributed by atoms with E-state index in [1.165, 1.54) is 6.33 Å². The van der Waals surface area contributed by atoms with E-state index in [2.05, 4.69) is 20.5 Å². The zero-order valence-electron chi connectivity index (χ0n) is 11.7. The lowest BCUT2D eigenvalue weighted by molar-refractivity contribution is 0.318. The van der Waals surface area contributed by atoms with Gasteiger partial charge in [-0.05, 0) is 18.1 Å². The molecule has 7 nitrogen and oxygen atoms in total. The SMILES string of the molecule is Cc1c(-c2ccc(C(N)=NO)cc2)sc2c(NN)ncnc12. The summed E-state index contributed by atoms with van der Waals surface area (Å²) in [6.45, 7) is 2.01. The maximum Gasteiger partial charge on any atom is 0.170 e. The molecule has 0 unspecified atom stereocenters. The Labute approximate surface area is 130 Å². The minimum Gasteiger partial charge on any atom is -0.409 e. The molecule has 22 heavy (non-hydrogen) atoms. The number of oxime groups is 1. The van der Waals surface area contributed by atoms with Crippen molar-refractivity contribution in [3.63, 3.8) is 0 Å². The fraction of sp³-hybridized carbons (Fsp3) is 0.0714. The van der Waals surface area contributed by atoms with Crippen molar-refractivity contribution < 1.29 is 5.21 Å². The van der Waals surface area contributed by atoms with Gasteiger partial charge >= 0.3 is 0 Å². The summed E-state index contributed by atoms with van der Waals surface area (Å²) < 4.78 is 0.915. The number of hydrogen-bond donors (Lipinski definition) is 4. The number of nitrogens with one attached hydrogen (secondary N) is 1. The maximum absolute atomic E-state index is 8.70. The Hall–Kier alpha value is -2.71. The molecular weight excluding hydrogens is 300 g/mol. The first-order valence-corrected chi connectivity index (χ1v) is 7.26. The number of hydrazine groups is 1. The summed E-state index contributed by atoms with van der Waals surface area (Å²) in [5.74, 6) is 6.19. The molecule has 1 aromatic carbocycles. The molecule has 0 fully saturated rings. The molecule has 0 saturated heterocycles. The number of anilines is 1. The summed E-state index contributed by atoms with van der Waals surface area (Å²) in [6.07, 6.45) is 1.49. The van der Waals surface area contributed by atoms with Crippen molar-refractivity contribution in [3.05, 3.63) is 41.7 Å². The lowest BCUT2D eigenvalue weighted by Gasteiger charge is -2.02. The molecule has 112 valence electrons. The Balaban J connectivity index is 2.12. The number of aromatic nitrogens is 2. The molecule has 0 amide bonds. The normalized spacial score (nSPS) is 11.8. The van der Waals surface area contributed by atoms with E-state index in [1.54, 1.807) is 11.3 Å². The molecule has 6 N–H and O–H groups in total. The van der Waals surface area contributed by atoms with Crippen molar-refractivity contribution in [2.24, 2.45) is 16.7 Å². The van der Waals surface area contributed by atoms with Gasteiger partial charge in [-0.25, -0.2) is 15.8 Å². The fourth-order valence-electron chi connectivity index (χ4n) is 2.25. The van der Waals surface area contributed by atoms with Crippen LogP contribution in [0.25, 0.3) is 20.7 Å². The molecule has 0 aliphatic carbocycles. The average molecular weight is 314 g/mol. The highest BCUT2D eigenvalue weighted by molar-refractivity contribution is 7.23. The standard InChI is InChI=1S/C14H14N6OS/c1-7-10-12(14(19-16)18-6-17-10)22-11(7)8-2-4-9(5-3-8)13(15)20-21/h2-6,21H,16H2,1H3,(H2,15,20)(H,17,18,19). The Morgan fingerprint density at radius 2 is 2.00 bits per heavy atom. The van der Waals surface area contributed by atoms with Crippen LogP contribution in [0.5, 0.6) is 0 Å². The van der Waals surface area contributed by atoms with E-state index >= 15 is 0 Å². The number of nitrogens with zero attached hydrogens (tertiary/aromatic N) is 3. The van der Waals surface area contributed by atoms with Crippen LogP contribution in [0.4, 0.5) is 5.82 Å². The van der Waals surface area contributed by atoms with Gasteiger partial charge in [0.05, 0.1) is 10.2 Å². The fourth-order valence-corrected chi connectivity index (χ4v) is 3.47. The van der Waals surface area contributed by atoms with Crippen molar-refractivity contribution in [1.82, 2.24) is 9.97 Å². The maximum atomic E-state index is 8.70. The Morgan fingerprint density at radius 3 is 2.64 bits per heavy atom. The second-order valence-corrected chi connectivity index (χ2v) is 5.68. The highest BCUT2D eigenvalue weighted by atomic mass is 32.1. The predicted molar refractivity (Wildman–Crippen MR) is 87.9 cm³/mol. The number of fused-ring (bicyclic) bond motifs is 1. The third-order valence-corrected chi connectivity index (χ3v) is 4.73. The highest BCUT2D eigenvalue weighted by Crippen LogP contribution is 2.39. The largest absolute Gasteiger partial charge is 0.409 e.